The summed E-state index contributed by atoms with van der Waals surface area (Å²) in [5.74, 6) is 0. The standard InChI is InChI=1S/C12H22ClN3O2/c1-5-17-12(18-6-2)10(14)7-9-8(3)15-16(4)11(9)13/h10,12H,5-7,14H2,1-4H3. The van der Waals surface area contributed by atoms with Gasteiger partial charge in [0.05, 0.1) is 11.7 Å². The van der Waals surface area contributed by atoms with E-state index in [1.165, 1.54) is 0 Å². The molecule has 1 heterocycles. The first kappa shape index (κ1) is 15.4. The number of hydrogen-bond donors (Lipinski definition) is 1. The predicted molar refractivity (Wildman–Crippen MR) is 71.7 cm³/mol. The molecule has 1 rings (SSSR count). The molecule has 5 nitrogen and oxygen atoms in total. The number of ether oxygens (including phenoxy) is 2. The molecule has 2 N–H and O–H groups in total. The Morgan fingerprint density at radius 2 is 1.89 bits per heavy atom. The average Bonchev–Trinajstić information content (AvgIpc) is 2.55. The highest BCUT2D eigenvalue weighted by Gasteiger charge is 2.22. The summed E-state index contributed by atoms with van der Waals surface area (Å²) in [6.07, 6.45) is 0.180. The Hall–Kier alpha value is -0.620. The van der Waals surface area contributed by atoms with Crippen LogP contribution in [0.5, 0.6) is 0 Å². The second-order valence-electron chi connectivity index (χ2n) is 4.13. The Balaban J connectivity index is 2.75. The van der Waals surface area contributed by atoms with Crippen LogP contribution in [0.3, 0.4) is 0 Å². The summed E-state index contributed by atoms with van der Waals surface area (Å²) in [6.45, 7) is 6.89. The maximum Gasteiger partial charge on any atom is 0.172 e. The molecule has 1 aromatic heterocycles. The van der Waals surface area contributed by atoms with Crippen molar-refractivity contribution in [2.24, 2.45) is 12.8 Å². The van der Waals surface area contributed by atoms with Crippen molar-refractivity contribution in [1.82, 2.24) is 9.78 Å². The zero-order chi connectivity index (χ0) is 13.7. The molecule has 0 aliphatic heterocycles. The van der Waals surface area contributed by atoms with Crippen molar-refractivity contribution in [3.63, 3.8) is 0 Å². The van der Waals surface area contributed by atoms with E-state index < -0.39 is 6.29 Å². The lowest BCUT2D eigenvalue weighted by molar-refractivity contribution is -0.148. The van der Waals surface area contributed by atoms with Crippen LogP contribution < -0.4 is 5.73 Å². The van der Waals surface area contributed by atoms with Gasteiger partial charge in [0.2, 0.25) is 0 Å². The van der Waals surface area contributed by atoms with E-state index in [1.807, 2.05) is 27.8 Å². The van der Waals surface area contributed by atoms with E-state index in [9.17, 15) is 0 Å². The van der Waals surface area contributed by atoms with E-state index in [0.717, 1.165) is 11.3 Å². The molecule has 0 aliphatic carbocycles. The summed E-state index contributed by atoms with van der Waals surface area (Å²) in [5, 5.41) is 4.88. The van der Waals surface area contributed by atoms with Gasteiger partial charge >= 0.3 is 0 Å². The second kappa shape index (κ2) is 7.09. The quantitative estimate of drug-likeness (QED) is 0.769. The highest BCUT2D eigenvalue weighted by atomic mass is 35.5. The van der Waals surface area contributed by atoms with Crippen molar-refractivity contribution in [2.45, 2.75) is 39.5 Å². The number of aromatic nitrogens is 2. The van der Waals surface area contributed by atoms with Crippen molar-refractivity contribution in [2.75, 3.05) is 13.2 Å². The largest absolute Gasteiger partial charge is 0.351 e. The molecule has 1 unspecified atom stereocenters. The highest BCUT2D eigenvalue weighted by Crippen LogP contribution is 2.21. The van der Waals surface area contributed by atoms with Gasteiger partial charge in [0.25, 0.3) is 0 Å². The van der Waals surface area contributed by atoms with Crippen molar-refractivity contribution >= 4 is 11.6 Å². The molecule has 1 aromatic rings. The fourth-order valence-corrected chi connectivity index (χ4v) is 2.11. The zero-order valence-electron chi connectivity index (χ0n) is 11.4. The molecule has 0 saturated carbocycles. The van der Waals surface area contributed by atoms with Gasteiger partial charge in [-0.05, 0) is 27.2 Å². The minimum Gasteiger partial charge on any atom is -0.351 e. The summed E-state index contributed by atoms with van der Waals surface area (Å²) in [5.41, 5.74) is 7.97. The highest BCUT2D eigenvalue weighted by molar-refractivity contribution is 6.30. The van der Waals surface area contributed by atoms with Crippen molar-refractivity contribution < 1.29 is 9.47 Å². The Labute approximate surface area is 113 Å². The molecule has 0 amide bonds. The van der Waals surface area contributed by atoms with Gasteiger partial charge in [-0.1, -0.05) is 11.6 Å². The molecule has 0 fully saturated rings. The minimum atomic E-state index is -0.407. The van der Waals surface area contributed by atoms with E-state index >= 15 is 0 Å². The number of hydrogen-bond acceptors (Lipinski definition) is 4. The lowest BCUT2D eigenvalue weighted by atomic mass is 10.1. The Morgan fingerprint density at radius 1 is 1.33 bits per heavy atom. The summed E-state index contributed by atoms with van der Waals surface area (Å²) < 4.78 is 12.6. The summed E-state index contributed by atoms with van der Waals surface area (Å²) in [7, 11) is 1.81. The third kappa shape index (κ3) is 3.68. The van der Waals surface area contributed by atoms with Gasteiger partial charge in [0, 0.05) is 25.8 Å². The average molecular weight is 276 g/mol. The zero-order valence-corrected chi connectivity index (χ0v) is 12.2. The monoisotopic (exact) mass is 275 g/mol. The SMILES string of the molecule is CCOC(OCC)C(N)Cc1c(C)nn(C)c1Cl. The number of aryl methyl sites for hydroxylation is 2. The van der Waals surface area contributed by atoms with Crippen molar-refractivity contribution in [3.8, 4) is 0 Å². The van der Waals surface area contributed by atoms with E-state index in [4.69, 9.17) is 26.8 Å². The fraction of sp³-hybridized carbons (Fsp3) is 0.750. The fourth-order valence-electron chi connectivity index (χ4n) is 1.86. The topological polar surface area (TPSA) is 62.3 Å². The molecule has 0 saturated heterocycles. The molecule has 6 heteroatoms. The van der Waals surface area contributed by atoms with Crippen LogP contribution in [0.1, 0.15) is 25.1 Å². The lowest BCUT2D eigenvalue weighted by Gasteiger charge is -2.23. The van der Waals surface area contributed by atoms with Crippen molar-refractivity contribution in [1.29, 1.82) is 0 Å². The molecule has 18 heavy (non-hydrogen) atoms. The van der Waals surface area contributed by atoms with Crippen LogP contribution in [0.25, 0.3) is 0 Å². The third-order valence-electron chi connectivity index (χ3n) is 2.72. The van der Waals surface area contributed by atoms with Crippen LogP contribution in [0, 0.1) is 6.92 Å². The van der Waals surface area contributed by atoms with Crippen LogP contribution in [0.2, 0.25) is 5.15 Å². The van der Waals surface area contributed by atoms with E-state index in [-0.39, 0.29) is 6.04 Å². The van der Waals surface area contributed by atoms with Gasteiger partial charge in [-0.25, -0.2) is 0 Å². The molecule has 1 atom stereocenters. The lowest BCUT2D eigenvalue weighted by Crippen LogP contribution is -2.40. The number of nitrogens with zero attached hydrogens (tertiary/aromatic N) is 2. The maximum absolute atomic E-state index is 6.18. The van der Waals surface area contributed by atoms with Gasteiger partial charge in [0.1, 0.15) is 5.15 Å². The van der Waals surface area contributed by atoms with E-state index in [1.54, 1.807) is 4.68 Å². The minimum absolute atomic E-state index is 0.259. The Bertz CT molecular complexity index is 376. The number of rotatable bonds is 7. The molecule has 0 aliphatic rings. The first-order valence-electron chi connectivity index (χ1n) is 6.17. The van der Waals surface area contributed by atoms with E-state index in [0.29, 0.717) is 24.8 Å². The van der Waals surface area contributed by atoms with Gasteiger partial charge in [-0.2, -0.15) is 5.10 Å². The first-order chi connectivity index (χ1) is 8.51. The van der Waals surface area contributed by atoms with Crippen LogP contribution in [-0.2, 0) is 22.9 Å². The molecular weight excluding hydrogens is 254 g/mol. The second-order valence-corrected chi connectivity index (χ2v) is 4.48. The van der Waals surface area contributed by atoms with Crippen LogP contribution in [0.15, 0.2) is 0 Å². The molecular formula is C12H22ClN3O2. The van der Waals surface area contributed by atoms with Gasteiger partial charge in [0.15, 0.2) is 6.29 Å². The number of halogens is 1. The van der Waals surface area contributed by atoms with E-state index in [2.05, 4.69) is 5.10 Å². The first-order valence-corrected chi connectivity index (χ1v) is 6.55. The molecule has 0 spiro atoms. The number of nitrogens with two attached hydrogens (primary N) is 1. The summed E-state index contributed by atoms with van der Waals surface area (Å²) in [4.78, 5) is 0. The van der Waals surface area contributed by atoms with Crippen LogP contribution in [0.4, 0.5) is 0 Å². The molecule has 0 radical (unpaired) electrons. The van der Waals surface area contributed by atoms with Gasteiger partial charge < -0.3 is 15.2 Å². The molecule has 0 bridgehead atoms. The predicted octanol–water partition coefficient (Wildman–Crippen LogP) is 1.65. The summed E-state index contributed by atoms with van der Waals surface area (Å²) in [6, 6.07) is -0.259. The normalized spacial score (nSPS) is 13.3. The maximum atomic E-state index is 6.18. The molecule has 0 aromatic carbocycles. The van der Waals surface area contributed by atoms with Crippen LogP contribution >= 0.6 is 11.6 Å². The van der Waals surface area contributed by atoms with Gasteiger partial charge in [-0.3, -0.25) is 4.68 Å². The third-order valence-corrected chi connectivity index (χ3v) is 3.19. The smallest absolute Gasteiger partial charge is 0.172 e. The Morgan fingerprint density at radius 3 is 2.28 bits per heavy atom. The molecule has 104 valence electrons. The van der Waals surface area contributed by atoms with Crippen LogP contribution in [-0.4, -0.2) is 35.3 Å². The summed E-state index contributed by atoms with van der Waals surface area (Å²) >= 11 is 6.18. The van der Waals surface area contributed by atoms with Crippen molar-refractivity contribution in [3.05, 3.63) is 16.4 Å². The Kier molecular flexibility index (Phi) is 6.08. The van der Waals surface area contributed by atoms with Gasteiger partial charge in [-0.15, -0.1) is 0 Å².